The van der Waals surface area contributed by atoms with Crippen LogP contribution >= 0.6 is 11.6 Å². The van der Waals surface area contributed by atoms with Gasteiger partial charge in [0.15, 0.2) is 0 Å². The standard InChI is InChI=1S/C12H13ClN4O/c13-10-3-1-8(2-4-10)12-9(6-16-17-12)5-15-7-11(14)18/h1-4,6,15H,5,7H2,(H2,14,18)(H,16,17). The fraction of sp³-hybridized carbons (Fsp3) is 0.167. The Labute approximate surface area is 109 Å². The van der Waals surface area contributed by atoms with Crippen molar-refractivity contribution < 1.29 is 4.79 Å². The van der Waals surface area contributed by atoms with Crippen molar-refractivity contribution in [1.29, 1.82) is 0 Å². The van der Waals surface area contributed by atoms with E-state index >= 15 is 0 Å². The molecule has 94 valence electrons. The highest BCUT2D eigenvalue weighted by molar-refractivity contribution is 6.30. The number of carbonyl (C=O) groups is 1. The van der Waals surface area contributed by atoms with Gasteiger partial charge in [-0.3, -0.25) is 9.89 Å². The first-order valence-corrected chi connectivity index (χ1v) is 5.82. The Hall–Kier alpha value is -1.85. The van der Waals surface area contributed by atoms with E-state index in [1.165, 1.54) is 0 Å². The summed E-state index contributed by atoms with van der Waals surface area (Å²) in [6.07, 6.45) is 1.72. The predicted octanol–water partition coefficient (Wildman–Crippen LogP) is 1.31. The maximum atomic E-state index is 10.6. The molecule has 1 heterocycles. The first-order chi connectivity index (χ1) is 8.66. The zero-order valence-electron chi connectivity index (χ0n) is 9.61. The summed E-state index contributed by atoms with van der Waals surface area (Å²) in [5.74, 6) is -0.383. The third-order valence-electron chi connectivity index (χ3n) is 2.47. The lowest BCUT2D eigenvalue weighted by atomic mass is 10.1. The lowest BCUT2D eigenvalue weighted by Gasteiger charge is -2.04. The minimum Gasteiger partial charge on any atom is -0.369 e. The molecule has 2 aromatic rings. The molecule has 0 unspecified atom stereocenters. The number of aromatic amines is 1. The van der Waals surface area contributed by atoms with Crippen molar-refractivity contribution >= 4 is 17.5 Å². The van der Waals surface area contributed by atoms with Crippen LogP contribution in [0.2, 0.25) is 5.02 Å². The van der Waals surface area contributed by atoms with E-state index in [1.807, 2.05) is 24.3 Å². The molecule has 0 aliphatic rings. The number of carbonyl (C=O) groups excluding carboxylic acids is 1. The highest BCUT2D eigenvalue weighted by Gasteiger charge is 2.07. The van der Waals surface area contributed by atoms with Crippen LogP contribution in [-0.4, -0.2) is 22.6 Å². The molecule has 4 N–H and O–H groups in total. The lowest BCUT2D eigenvalue weighted by Crippen LogP contribution is -2.28. The molecule has 0 bridgehead atoms. The number of benzene rings is 1. The minimum absolute atomic E-state index is 0.144. The summed E-state index contributed by atoms with van der Waals surface area (Å²) in [4.78, 5) is 10.6. The number of halogens is 1. The predicted molar refractivity (Wildman–Crippen MR) is 69.9 cm³/mol. The Morgan fingerprint density at radius 1 is 1.39 bits per heavy atom. The molecular formula is C12H13ClN4O. The third kappa shape index (κ3) is 3.09. The van der Waals surface area contributed by atoms with Gasteiger partial charge in [-0.1, -0.05) is 23.7 Å². The van der Waals surface area contributed by atoms with Gasteiger partial charge >= 0.3 is 0 Å². The van der Waals surface area contributed by atoms with Gasteiger partial charge in [0.2, 0.25) is 5.91 Å². The Bertz CT molecular complexity index is 535. The molecule has 1 aromatic heterocycles. The molecular weight excluding hydrogens is 252 g/mol. The van der Waals surface area contributed by atoms with Crippen molar-refractivity contribution in [1.82, 2.24) is 15.5 Å². The summed E-state index contributed by atoms with van der Waals surface area (Å²) in [5.41, 5.74) is 7.93. The second-order valence-electron chi connectivity index (χ2n) is 3.85. The molecule has 6 heteroatoms. The molecule has 2 rings (SSSR count). The molecule has 0 atom stereocenters. The Morgan fingerprint density at radius 2 is 2.11 bits per heavy atom. The van der Waals surface area contributed by atoms with E-state index in [9.17, 15) is 4.79 Å². The topological polar surface area (TPSA) is 83.8 Å². The summed E-state index contributed by atoms with van der Waals surface area (Å²) >= 11 is 5.84. The van der Waals surface area contributed by atoms with Crippen LogP contribution in [0.25, 0.3) is 11.3 Å². The van der Waals surface area contributed by atoms with Gasteiger partial charge in [0.05, 0.1) is 18.4 Å². The fourth-order valence-corrected chi connectivity index (χ4v) is 1.76. The fourth-order valence-electron chi connectivity index (χ4n) is 1.63. The molecule has 1 amide bonds. The van der Waals surface area contributed by atoms with Gasteiger partial charge in [-0.2, -0.15) is 5.10 Å². The molecule has 0 saturated heterocycles. The number of H-pyrrole nitrogens is 1. The van der Waals surface area contributed by atoms with Gasteiger partial charge in [-0.05, 0) is 17.7 Å². The number of nitrogens with zero attached hydrogens (tertiary/aromatic N) is 1. The second-order valence-corrected chi connectivity index (χ2v) is 4.28. The largest absolute Gasteiger partial charge is 0.369 e. The molecule has 0 spiro atoms. The van der Waals surface area contributed by atoms with Gasteiger partial charge in [0.25, 0.3) is 0 Å². The Balaban J connectivity index is 2.12. The number of hydrogen-bond donors (Lipinski definition) is 3. The number of primary amides is 1. The molecule has 1 aromatic carbocycles. The van der Waals surface area contributed by atoms with Crippen LogP contribution in [0.4, 0.5) is 0 Å². The van der Waals surface area contributed by atoms with Crippen molar-refractivity contribution in [2.75, 3.05) is 6.54 Å². The van der Waals surface area contributed by atoms with Crippen molar-refractivity contribution in [3.8, 4) is 11.3 Å². The van der Waals surface area contributed by atoms with Crippen molar-refractivity contribution in [3.05, 3.63) is 41.0 Å². The minimum atomic E-state index is -0.383. The van der Waals surface area contributed by atoms with Gasteiger partial charge in [0.1, 0.15) is 0 Å². The van der Waals surface area contributed by atoms with E-state index in [2.05, 4.69) is 15.5 Å². The summed E-state index contributed by atoms with van der Waals surface area (Å²) in [6.45, 7) is 0.669. The summed E-state index contributed by atoms with van der Waals surface area (Å²) in [6, 6.07) is 7.46. The van der Waals surface area contributed by atoms with Gasteiger partial charge < -0.3 is 11.1 Å². The van der Waals surface area contributed by atoms with Gasteiger partial charge in [0, 0.05) is 17.1 Å². The van der Waals surface area contributed by atoms with Crippen molar-refractivity contribution in [2.45, 2.75) is 6.54 Å². The normalized spacial score (nSPS) is 10.5. The highest BCUT2D eigenvalue weighted by Crippen LogP contribution is 2.22. The quantitative estimate of drug-likeness (QED) is 0.761. The van der Waals surface area contributed by atoms with Crippen LogP contribution in [0.3, 0.4) is 0 Å². The van der Waals surface area contributed by atoms with Crippen molar-refractivity contribution in [2.24, 2.45) is 5.73 Å². The van der Waals surface area contributed by atoms with E-state index in [0.717, 1.165) is 16.8 Å². The molecule has 0 aliphatic heterocycles. The van der Waals surface area contributed by atoms with Crippen LogP contribution in [0.5, 0.6) is 0 Å². The van der Waals surface area contributed by atoms with Crippen LogP contribution in [0.1, 0.15) is 5.56 Å². The number of hydrogen-bond acceptors (Lipinski definition) is 3. The molecule has 0 saturated carbocycles. The molecule has 0 aliphatic carbocycles. The van der Waals surface area contributed by atoms with E-state index in [4.69, 9.17) is 17.3 Å². The van der Waals surface area contributed by atoms with Crippen molar-refractivity contribution in [3.63, 3.8) is 0 Å². The van der Waals surface area contributed by atoms with E-state index < -0.39 is 0 Å². The summed E-state index contributed by atoms with van der Waals surface area (Å²) < 4.78 is 0. The maximum absolute atomic E-state index is 10.6. The zero-order chi connectivity index (χ0) is 13.0. The molecule has 18 heavy (non-hydrogen) atoms. The van der Waals surface area contributed by atoms with Gasteiger partial charge in [-0.25, -0.2) is 0 Å². The smallest absolute Gasteiger partial charge is 0.231 e. The molecule has 5 nitrogen and oxygen atoms in total. The average Bonchev–Trinajstić information content (AvgIpc) is 2.78. The number of nitrogens with one attached hydrogen (secondary N) is 2. The van der Waals surface area contributed by atoms with Crippen LogP contribution in [0.15, 0.2) is 30.5 Å². The number of amides is 1. The Kier molecular flexibility index (Phi) is 3.96. The number of rotatable bonds is 5. The summed E-state index contributed by atoms with van der Waals surface area (Å²) in [5, 5.41) is 10.6. The van der Waals surface area contributed by atoms with Crippen LogP contribution in [0, 0.1) is 0 Å². The second kappa shape index (κ2) is 5.66. The molecule has 0 fully saturated rings. The SMILES string of the molecule is NC(=O)CNCc1cn[nH]c1-c1ccc(Cl)cc1. The third-order valence-corrected chi connectivity index (χ3v) is 2.72. The van der Waals surface area contributed by atoms with E-state index in [1.54, 1.807) is 6.20 Å². The van der Waals surface area contributed by atoms with Gasteiger partial charge in [-0.15, -0.1) is 0 Å². The zero-order valence-corrected chi connectivity index (χ0v) is 10.4. The highest BCUT2D eigenvalue weighted by atomic mass is 35.5. The Morgan fingerprint density at radius 3 is 2.78 bits per heavy atom. The number of nitrogens with two attached hydrogens (primary N) is 1. The van der Waals surface area contributed by atoms with Crippen LogP contribution in [-0.2, 0) is 11.3 Å². The first kappa shape index (κ1) is 12.6. The first-order valence-electron chi connectivity index (χ1n) is 5.44. The maximum Gasteiger partial charge on any atom is 0.231 e. The summed E-state index contributed by atoms with van der Waals surface area (Å²) in [7, 11) is 0. The molecule has 0 radical (unpaired) electrons. The van der Waals surface area contributed by atoms with E-state index in [-0.39, 0.29) is 12.5 Å². The monoisotopic (exact) mass is 264 g/mol. The average molecular weight is 265 g/mol. The number of aromatic nitrogens is 2. The lowest BCUT2D eigenvalue weighted by molar-refractivity contribution is -0.117. The van der Waals surface area contributed by atoms with Crippen LogP contribution < -0.4 is 11.1 Å². The van der Waals surface area contributed by atoms with E-state index in [0.29, 0.717) is 11.6 Å².